The first-order valence-electron chi connectivity index (χ1n) is 6.46. The van der Waals surface area contributed by atoms with Gasteiger partial charge in [0, 0.05) is 18.2 Å². The first kappa shape index (κ1) is 13.5. The highest BCUT2D eigenvalue weighted by molar-refractivity contribution is 5.79. The molecule has 19 heavy (non-hydrogen) atoms. The number of nitrogens with two attached hydrogens (primary N) is 1. The Bertz CT molecular complexity index is 600. The topological polar surface area (TPSA) is 53.1 Å². The molecule has 102 valence electrons. The molecule has 2 rings (SSSR count). The minimum Gasteiger partial charge on any atom is -0.490 e. The summed E-state index contributed by atoms with van der Waals surface area (Å²) in [5.41, 5.74) is 10.3. The third-order valence-corrected chi connectivity index (χ3v) is 3.31. The summed E-state index contributed by atoms with van der Waals surface area (Å²) in [5, 5.41) is 4.20. The van der Waals surface area contributed by atoms with Crippen molar-refractivity contribution in [3.8, 4) is 16.9 Å². The molecule has 0 spiro atoms. The molecule has 0 saturated heterocycles. The van der Waals surface area contributed by atoms with E-state index in [1.165, 1.54) is 5.56 Å². The van der Waals surface area contributed by atoms with Gasteiger partial charge in [-0.3, -0.25) is 4.68 Å². The molecule has 0 aliphatic heterocycles. The molecule has 0 aliphatic carbocycles. The maximum atomic E-state index is 6.07. The van der Waals surface area contributed by atoms with E-state index >= 15 is 0 Å². The van der Waals surface area contributed by atoms with E-state index in [1.54, 1.807) is 10.9 Å². The largest absolute Gasteiger partial charge is 0.490 e. The summed E-state index contributed by atoms with van der Waals surface area (Å²) >= 11 is 0. The highest BCUT2D eigenvalue weighted by Crippen LogP contribution is 2.37. The number of aryl methyl sites for hydroxylation is 2. The van der Waals surface area contributed by atoms with E-state index in [-0.39, 0.29) is 6.10 Å². The van der Waals surface area contributed by atoms with E-state index in [2.05, 4.69) is 25.0 Å². The Hall–Kier alpha value is -1.97. The number of benzene rings is 1. The minimum atomic E-state index is 0.122. The number of ether oxygens (including phenoxy) is 1. The van der Waals surface area contributed by atoms with Crippen LogP contribution in [-0.2, 0) is 7.05 Å². The Morgan fingerprint density at radius 1 is 1.21 bits per heavy atom. The zero-order valence-electron chi connectivity index (χ0n) is 12.2. The average molecular weight is 259 g/mol. The van der Waals surface area contributed by atoms with Gasteiger partial charge in [0.05, 0.1) is 12.3 Å². The summed E-state index contributed by atoms with van der Waals surface area (Å²) in [4.78, 5) is 0. The molecule has 1 heterocycles. The molecular formula is C15H21N3O. The van der Waals surface area contributed by atoms with Crippen molar-refractivity contribution in [1.82, 2.24) is 9.78 Å². The van der Waals surface area contributed by atoms with Crippen LogP contribution in [-0.4, -0.2) is 15.9 Å². The molecule has 2 N–H and O–H groups in total. The lowest BCUT2D eigenvalue weighted by Gasteiger charge is -2.18. The molecule has 0 atom stereocenters. The third-order valence-electron chi connectivity index (χ3n) is 3.31. The van der Waals surface area contributed by atoms with E-state index < -0.39 is 0 Å². The van der Waals surface area contributed by atoms with Crippen LogP contribution in [0.4, 0.5) is 5.82 Å². The molecule has 4 heteroatoms. The lowest BCUT2D eigenvalue weighted by molar-refractivity contribution is 0.241. The van der Waals surface area contributed by atoms with Crippen molar-refractivity contribution in [3.63, 3.8) is 0 Å². The van der Waals surface area contributed by atoms with Crippen molar-refractivity contribution in [3.05, 3.63) is 29.5 Å². The van der Waals surface area contributed by atoms with Gasteiger partial charge < -0.3 is 10.5 Å². The second-order valence-electron chi connectivity index (χ2n) is 5.12. The number of hydrogen-bond acceptors (Lipinski definition) is 3. The number of anilines is 1. The maximum Gasteiger partial charge on any atom is 0.130 e. The smallest absolute Gasteiger partial charge is 0.130 e. The molecule has 2 aromatic rings. The highest BCUT2D eigenvalue weighted by atomic mass is 16.5. The average Bonchev–Trinajstić information content (AvgIpc) is 2.66. The Morgan fingerprint density at radius 3 is 2.42 bits per heavy atom. The minimum absolute atomic E-state index is 0.122. The zero-order chi connectivity index (χ0) is 14.2. The fourth-order valence-corrected chi connectivity index (χ4v) is 2.04. The second-order valence-corrected chi connectivity index (χ2v) is 5.12. The van der Waals surface area contributed by atoms with E-state index in [9.17, 15) is 0 Å². The van der Waals surface area contributed by atoms with Crippen LogP contribution in [0.25, 0.3) is 11.1 Å². The van der Waals surface area contributed by atoms with Gasteiger partial charge in [0.15, 0.2) is 0 Å². The fourth-order valence-electron chi connectivity index (χ4n) is 2.04. The lowest BCUT2D eigenvalue weighted by Crippen LogP contribution is -2.08. The van der Waals surface area contributed by atoms with Crippen molar-refractivity contribution < 1.29 is 4.74 Å². The van der Waals surface area contributed by atoms with Crippen LogP contribution in [0.15, 0.2) is 18.3 Å². The number of rotatable bonds is 3. The van der Waals surface area contributed by atoms with E-state index in [1.807, 2.05) is 27.0 Å². The summed E-state index contributed by atoms with van der Waals surface area (Å²) in [5.74, 6) is 1.55. The molecule has 0 radical (unpaired) electrons. The van der Waals surface area contributed by atoms with Crippen molar-refractivity contribution in [2.24, 2.45) is 7.05 Å². The van der Waals surface area contributed by atoms with Crippen LogP contribution in [0, 0.1) is 13.8 Å². The molecule has 0 bridgehead atoms. The van der Waals surface area contributed by atoms with Gasteiger partial charge in [-0.2, -0.15) is 5.10 Å². The molecule has 0 aliphatic rings. The van der Waals surface area contributed by atoms with Crippen molar-refractivity contribution in [2.75, 3.05) is 5.73 Å². The number of nitrogen functional groups attached to an aromatic ring is 1. The van der Waals surface area contributed by atoms with Gasteiger partial charge in [-0.05, 0) is 38.8 Å². The van der Waals surface area contributed by atoms with Crippen LogP contribution < -0.4 is 10.5 Å². The Morgan fingerprint density at radius 2 is 1.89 bits per heavy atom. The quantitative estimate of drug-likeness (QED) is 0.921. The maximum absolute atomic E-state index is 6.07. The van der Waals surface area contributed by atoms with Gasteiger partial charge in [0.1, 0.15) is 11.6 Å². The standard InChI is InChI=1S/C15H21N3O/c1-9(2)19-14-11(4)10(3)6-7-12(14)13-8-17-18(5)15(13)16/h6-9H,16H2,1-5H3. The van der Waals surface area contributed by atoms with Gasteiger partial charge >= 0.3 is 0 Å². The molecule has 0 unspecified atom stereocenters. The van der Waals surface area contributed by atoms with Gasteiger partial charge in [0.2, 0.25) is 0 Å². The van der Waals surface area contributed by atoms with Crippen LogP contribution in [0.1, 0.15) is 25.0 Å². The Labute approximate surface area is 114 Å². The second kappa shape index (κ2) is 4.96. The molecule has 0 amide bonds. The third kappa shape index (κ3) is 2.43. The van der Waals surface area contributed by atoms with E-state index in [4.69, 9.17) is 10.5 Å². The lowest BCUT2D eigenvalue weighted by atomic mass is 10.00. The van der Waals surface area contributed by atoms with Gasteiger partial charge in [0.25, 0.3) is 0 Å². The Kier molecular flexibility index (Phi) is 3.51. The summed E-state index contributed by atoms with van der Waals surface area (Å²) in [6.45, 7) is 8.21. The molecule has 0 saturated carbocycles. The van der Waals surface area contributed by atoms with Gasteiger partial charge in [-0.15, -0.1) is 0 Å². The normalized spacial score (nSPS) is 11.1. The predicted octanol–water partition coefficient (Wildman–Crippen LogP) is 3.07. The van der Waals surface area contributed by atoms with Crippen molar-refractivity contribution >= 4 is 5.82 Å². The number of aromatic nitrogens is 2. The van der Waals surface area contributed by atoms with Gasteiger partial charge in [-0.25, -0.2) is 0 Å². The molecule has 1 aromatic heterocycles. The molecule has 4 nitrogen and oxygen atoms in total. The van der Waals surface area contributed by atoms with E-state index in [0.29, 0.717) is 5.82 Å². The highest BCUT2D eigenvalue weighted by Gasteiger charge is 2.16. The van der Waals surface area contributed by atoms with E-state index in [0.717, 1.165) is 22.4 Å². The SMILES string of the molecule is Cc1ccc(-c2cnn(C)c2N)c(OC(C)C)c1C. The summed E-state index contributed by atoms with van der Waals surface area (Å²) in [6, 6.07) is 4.14. The van der Waals surface area contributed by atoms with Crippen LogP contribution in [0.5, 0.6) is 5.75 Å². The predicted molar refractivity (Wildman–Crippen MR) is 78.3 cm³/mol. The monoisotopic (exact) mass is 259 g/mol. The Balaban J connectivity index is 2.63. The molecule has 0 fully saturated rings. The summed E-state index contributed by atoms with van der Waals surface area (Å²) in [6.07, 6.45) is 1.91. The summed E-state index contributed by atoms with van der Waals surface area (Å²) in [7, 11) is 1.84. The number of hydrogen-bond donors (Lipinski definition) is 1. The van der Waals surface area contributed by atoms with Crippen LogP contribution >= 0.6 is 0 Å². The van der Waals surface area contributed by atoms with Crippen molar-refractivity contribution in [1.29, 1.82) is 0 Å². The van der Waals surface area contributed by atoms with Crippen LogP contribution in [0.2, 0.25) is 0 Å². The summed E-state index contributed by atoms with van der Waals surface area (Å²) < 4.78 is 7.65. The first-order valence-corrected chi connectivity index (χ1v) is 6.46. The molecular weight excluding hydrogens is 238 g/mol. The first-order chi connectivity index (χ1) is 8.91. The fraction of sp³-hybridized carbons (Fsp3) is 0.400. The molecule has 1 aromatic carbocycles. The zero-order valence-corrected chi connectivity index (χ0v) is 12.2. The van der Waals surface area contributed by atoms with Crippen molar-refractivity contribution in [2.45, 2.75) is 33.8 Å². The van der Waals surface area contributed by atoms with Crippen LogP contribution in [0.3, 0.4) is 0 Å². The number of nitrogens with zero attached hydrogens (tertiary/aromatic N) is 2. The van der Waals surface area contributed by atoms with Gasteiger partial charge in [-0.1, -0.05) is 12.1 Å².